The Bertz CT molecular complexity index is 441. The van der Waals surface area contributed by atoms with Crippen molar-refractivity contribution in [2.75, 3.05) is 0 Å². The van der Waals surface area contributed by atoms with Crippen LogP contribution in [0.4, 0.5) is 0 Å². The Balaban J connectivity index is 1.96. The summed E-state index contributed by atoms with van der Waals surface area (Å²) in [5, 5.41) is 3.15. The molecular formula is C15H22BrNO2. The minimum atomic E-state index is -0.0726. The number of carbonyl (C=O) groups excluding carboxylic acids is 1. The number of rotatable bonds is 5. The number of unbranched alkanes of at least 4 members (excludes halogenated alkanes) is 1. The van der Waals surface area contributed by atoms with E-state index in [1.807, 2.05) is 13.0 Å². The number of aryl methyl sites for hydroxylation is 1. The molecule has 1 aromatic rings. The van der Waals surface area contributed by atoms with Crippen LogP contribution in [0.15, 0.2) is 15.2 Å². The van der Waals surface area contributed by atoms with Crippen LogP contribution in [-0.4, -0.2) is 11.9 Å². The van der Waals surface area contributed by atoms with Gasteiger partial charge in [0.05, 0.1) is 0 Å². The van der Waals surface area contributed by atoms with Crippen LogP contribution < -0.4 is 5.32 Å². The third-order valence-corrected chi connectivity index (χ3v) is 4.39. The summed E-state index contributed by atoms with van der Waals surface area (Å²) in [7, 11) is 0. The molecule has 3 nitrogen and oxygen atoms in total. The van der Waals surface area contributed by atoms with E-state index in [-0.39, 0.29) is 5.91 Å². The first-order valence-corrected chi connectivity index (χ1v) is 7.98. The summed E-state index contributed by atoms with van der Waals surface area (Å²) in [5.41, 5.74) is 0.882. The average Bonchev–Trinajstić information content (AvgIpc) is 2.93. The maximum absolute atomic E-state index is 12.2. The molecule has 0 aromatic carbocycles. The summed E-state index contributed by atoms with van der Waals surface area (Å²) in [4.78, 5) is 12.2. The van der Waals surface area contributed by atoms with Crippen LogP contribution in [0.3, 0.4) is 0 Å². The molecule has 1 N–H and O–H groups in total. The molecule has 4 heteroatoms. The number of nitrogens with one attached hydrogen (secondary N) is 1. The van der Waals surface area contributed by atoms with Gasteiger partial charge >= 0.3 is 0 Å². The van der Waals surface area contributed by atoms with Crippen molar-refractivity contribution in [3.63, 3.8) is 0 Å². The largest absolute Gasteiger partial charge is 0.444 e. The molecule has 1 amide bonds. The number of amides is 1. The van der Waals surface area contributed by atoms with E-state index in [9.17, 15) is 4.79 Å². The van der Waals surface area contributed by atoms with E-state index in [1.165, 1.54) is 32.1 Å². The number of hydrogen-bond donors (Lipinski definition) is 1. The Morgan fingerprint density at radius 2 is 2.32 bits per heavy atom. The van der Waals surface area contributed by atoms with Gasteiger partial charge in [0, 0.05) is 11.6 Å². The Hall–Kier alpha value is -0.770. The van der Waals surface area contributed by atoms with Gasteiger partial charge in [0.25, 0.3) is 5.91 Å². The molecule has 106 valence electrons. The van der Waals surface area contributed by atoms with E-state index in [0.717, 1.165) is 12.0 Å². The lowest BCUT2D eigenvalue weighted by Gasteiger charge is -2.20. The summed E-state index contributed by atoms with van der Waals surface area (Å²) < 4.78 is 6.02. The SMILES string of the molecule is CCCCC1CCCC1NC(=O)c1oc(Br)cc1C. The molecule has 1 aliphatic carbocycles. The smallest absolute Gasteiger partial charge is 0.287 e. The molecule has 0 spiro atoms. The highest BCUT2D eigenvalue weighted by Gasteiger charge is 2.29. The van der Waals surface area contributed by atoms with E-state index in [1.54, 1.807) is 0 Å². The predicted molar refractivity (Wildman–Crippen MR) is 79.3 cm³/mol. The van der Waals surface area contributed by atoms with Crippen molar-refractivity contribution in [1.82, 2.24) is 5.32 Å². The number of carbonyl (C=O) groups is 1. The summed E-state index contributed by atoms with van der Waals surface area (Å²) >= 11 is 3.26. The zero-order valence-corrected chi connectivity index (χ0v) is 13.3. The average molecular weight is 328 g/mol. The molecule has 1 saturated carbocycles. The molecule has 0 saturated heterocycles. The topological polar surface area (TPSA) is 42.2 Å². The predicted octanol–water partition coefficient (Wildman–Crippen LogP) is 4.44. The second kappa shape index (κ2) is 6.60. The van der Waals surface area contributed by atoms with Crippen LogP contribution >= 0.6 is 15.9 Å². The van der Waals surface area contributed by atoms with Gasteiger partial charge in [-0.05, 0) is 54.1 Å². The van der Waals surface area contributed by atoms with Crippen molar-refractivity contribution in [3.05, 3.63) is 22.1 Å². The van der Waals surface area contributed by atoms with E-state index >= 15 is 0 Å². The molecule has 2 unspecified atom stereocenters. The summed E-state index contributed by atoms with van der Waals surface area (Å²) in [6, 6.07) is 2.15. The summed E-state index contributed by atoms with van der Waals surface area (Å²) in [6.45, 7) is 4.11. The summed E-state index contributed by atoms with van der Waals surface area (Å²) in [6.07, 6.45) is 7.26. The number of halogens is 1. The molecule has 1 aromatic heterocycles. The Morgan fingerprint density at radius 1 is 1.53 bits per heavy atom. The van der Waals surface area contributed by atoms with Gasteiger partial charge in [0.1, 0.15) is 0 Å². The molecule has 1 aliphatic rings. The first-order chi connectivity index (χ1) is 9.11. The monoisotopic (exact) mass is 327 g/mol. The van der Waals surface area contributed by atoms with Gasteiger partial charge in [-0.3, -0.25) is 4.79 Å². The number of hydrogen-bond acceptors (Lipinski definition) is 2. The van der Waals surface area contributed by atoms with Crippen molar-refractivity contribution in [2.24, 2.45) is 5.92 Å². The second-order valence-electron chi connectivity index (χ2n) is 5.48. The fourth-order valence-electron chi connectivity index (χ4n) is 2.94. The molecule has 1 heterocycles. The third kappa shape index (κ3) is 3.62. The Kier molecular flexibility index (Phi) is 5.08. The molecule has 2 atom stereocenters. The molecular weight excluding hydrogens is 306 g/mol. The Morgan fingerprint density at radius 3 is 2.95 bits per heavy atom. The van der Waals surface area contributed by atoms with E-state index < -0.39 is 0 Å². The van der Waals surface area contributed by atoms with Crippen LogP contribution in [-0.2, 0) is 0 Å². The maximum atomic E-state index is 12.2. The van der Waals surface area contributed by atoms with Gasteiger partial charge in [0.2, 0.25) is 0 Å². The quantitative estimate of drug-likeness (QED) is 0.868. The highest BCUT2D eigenvalue weighted by atomic mass is 79.9. The van der Waals surface area contributed by atoms with Crippen LogP contribution in [0, 0.1) is 12.8 Å². The fourth-order valence-corrected chi connectivity index (χ4v) is 3.45. The first-order valence-electron chi connectivity index (χ1n) is 7.18. The maximum Gasteiger partial charge on any atom is 0.287 e. The zero-order chi connectivity index (χ0) is 13.8. The minimum absolute atomic E-state index is 0.0726. The van der Waals surface area contributed by atoms with Gasteiger partial charge < -0.3 is 9.73 Å². The standard InChI is InChI=1S/C15H22BrNO2/c1-3-4-6-11-7-5-8-12(11)17-15(18)14-10(2)9-13(16)19-14/h9,11-12H,3-8H2,1-2H3,(H,17,18). The van der Waals surface area contributed by atoms with Crippen molar-refractivity contribution in [1.29, 1.82) is 0 Å². The van der Waals surface area contributed by atoms with Crippen LogP contribution in [0.2, 0.25) is 0 Å². The normalized spacial score (nSPS) is 22.7. The first kappa shape index (κ1) is 14.6. The third-order valence-electron chi connectivity index (χ3n) is 4.00. The minimum Gasteiger partial charge on any atom is -0.444 e. The zero-order valence-electron chi connectivity index (χ0n) is 11.7. The van der Waals surface area contributed by atoms with E-state index in [0.29, 0.717) is 22.4 Å². The summed E-state index contributed by atoms with van der Waals surface area (Å²) in [5.74, 6) is 1.01. The van der Waals surface area contributed by atoms with Crippen molar-refractivity contribution < 1.29 is 9.21 Å². The molecule has 0 aliphatic heterocycles. The van der Waals surface area contributed by atoms with Crippen LogP contribution in [0.1, 0.15) is 61.6 Å². The van der Waals surface area contributed by atoms with Gasteiger partial charge in [0.15, 0.2) is 10.4 Å². The highest BCUT2D eigenvalue weighted by molar-refractivity contribution is 9.10. The van der Waals surface area contributed by atoms with Crippen molar-refractivity contribution in [2.45, 2.75) is 58.4 Å². The van der Waals surface area contributed by atoms with Crippen molar-refractivity contribution >= 4 is 21.8 Å². The second-order valence-corrected chi connectivity index (χ2v) is 6.26. The van der Waals surface area contributed by atoms with Gasteiger partial charge in [-0.1, -0.05) is 26.2 Å². The highest BCUT2D eigenvalue weighted by Crippen LogP contribution is 2.30. The number of furan rings is 1. The van der Waals surface area contributed by atoms with E-state index in [4.69, 9.17) is 4.42 Å². The van der Waals surface area contributed by atoms with Crippen LogP contribution in [0.25, 0.3) is 0 Å². The van der Waals surface area contributed by atoms with Crippen LogP contribution in [0.5, 0.6) is 0 Å². The molecule has 0 bridgehead atoms. The van der Waals surface area contributed by atoms with E-state index in [2.05, 4.69) is 28.2 Å². The van der Waals surface area contributed by atoms with Gasteiger partial charge in [-0.2, -0.15) is 0 Å². The molecule has 0 radical (unpaired) electrons. The molecule has 19 heavy (non-hydrogen) atoms. The Labute approximate surface area is 123 Å². The molecule has 2 rings (SSSR count). The van der Waals surface area contributed by atoms with Gasteiger partial charge in [-0.15, -0.1) is 0 Å². The lowest BCUT2D eigenvalue weighted by atomic mass is 9.96. The van der Waals surface area contributed by atoms with Crippen molar-refractivity contribution in [3.8, 4) is 0 Å². The molecule has 1 fully saturated rings. The fraction of sp³-hybridized carbons (Fsp3) is 0.667. The van der Waals surface area contributed by atoms with Gasteiger partial charge in [-0.25, -0.2) is 0 Å². The lowest BCUT2D eigenvalue weighted by Crippen LogP contribution is -2.37. The lowest BCUT2D eigenvalue weighted by molar-refractivity contribution is 0.0896.